The van der Waals surface area contributed by atoms with E-state index in [-0.39, 0.29) is 11.8 Å². The Hall–Kier alpha value is -3.58. The van der Waals surface area contributed by atoms with Gasteiger partial charge in [-0.1, -0.05) is 6.07 Å². The molecule has 0 saturated heterocycles. The maximum Gasteiger partial charge on any atom is 0.416 e. The fourth-order valence-corrected chi connectivity index (χ4v) is 3.87. The number of benzene rings is 1. The maximum atomic E-state index is 12.9. The van der Waals surface area contributed by atoms with Crippen LogP contribution in [0.15, 0.2) is 59.6 Å². The van der Waals surface area contributed by atoms with Crippen LogP contribution < -0.4 is 9.46 Å². The number of methoxy groups -OCH3 is 1. The largest absolute Gasteiger partial charge is 0.497 e. The molecule has 0 aliphatic carbocycles. The van der Waals surface area contributed by atoms with Crippen molar-refractivity contribution in [2.75, 3.05) is 7.11 Å². The average molecular weight is 468 g/mol. The van der Waals surface area contributed by atoms with Crippen molar-refractivity contribution in [3.05, 3.63) is 76.1 Å². The number of hydrogen-bond donors (Lipinski definition) is 1. The fourth-order valence-electron chi connectivity index (χ4n) is 2.72. The minimum atomic E-state index is -4.87. The number of pyridine rings is 2. The summed E-state index contributed by atoms with van der Waals surface area (Å²) in [6.07, 6.45) is -3.32. The van der Waals surface area contributed by atoms with Crippen molar-refractivity contribution < 1.29 is 31.2 Å². The summed E-state index contributed by atoms with van der Waals surface area (Å²) in [6.45, 7) is -0.405. The van der Waals surface area contributed by atoms with Crippen LogP contribution in [0, 0.1) is 10.1 Å². The molecule has 13 heteroatoms. The molecule has 0 fully saturated rings. The molecule has 0 atom stereocenters. The number of aromatic nitrogens is 2. The first kappa shape index (κ1) is 23.1. The molecule has 1 N–H and O–H groups in total. The molecule has 0 aliphatic heterocycles. The maximum absolute atomic E-state index is 12.9. The predicted octanol–water partition coefficient (Wildman–Crippen LogP) is 3.56. The lowest BCUT2D eigenvalue weighted by Crippen LogP contribution is -2.25. The molecule has 0 bridgehead atoms. The molecule has 9 nitrogen and oxygen atoms in total. The molecule has 0 saturated carbocycles. The minimum Gasteiger partial charge on any atom is -0.497 e. The highest BCUT2D eigenvalue weighted by Crippen LogP contribution is 2.34. The van der Waals surface area contributed by atoms with Gasteiger partial charge in [-0.3, -0.25) is 15.1 Å². The molecule has 1 aromatic carbocycles. The van der Waals surface area contributed by atoms with E-state index in [4.69, 9.17) is 4.74 Å². The highest BCUT2D eigenvalue weighted by molar-refractivity contribution is 7.89. The number of halogens is 3. The van der Waals surface area contributed by atoms with Crippen molar-refractivity contribution >= 4 is 15.7 Å². The summed E-state index contributed by atoms with van der Waals surface area (Å²) in [5, 5.41) is 11.2. The van der Waals surface area contributed by atoms with Crippen molar-refractivity contribution in [3.63, 3.8) is 0 Å². The lowest BCUT2D eigenvalue weighted by Gasteiger charge is -2.11. The van der Waals surface area contributed by atoms with Crippen LogP contribution in [-0.4, -0.2) is 30.4 Å². The Kier molecular flexibility index (Phi) is 6.41. The molecular weight excluding hydrogens is 453 g/mol. The van der Waals surface area contributed by atoms with Gasteiger partial charge in [0.05, 0.1) is 41.2 Å². The average Bonchev–Trinajstić information content (AvgIpc) is 2.77. The van der Waals surface area contributed by atoms with Crippen LogP contribution in [0.2, 0.25) is 0 Å². The number of ether oxygens (including phenoxy) is 1. The Morgan fingerprint density at radius 1 is 1.12 bits per heavy atom. The third-order valence-electron chi connectivity index (χ3n) is 4.23. The Labute approximate surface area is 180 Å². The van der Waals surface area contributed by atoms with Gasteiger partial charge in [-0.2, -0.15) is 13.2 Å². The Bertz CT molecular complexity index is 1250. The van der Waals surface area contributed by atoms with Crippen LogP contribution in [0.1, 0.15) is 11.3 Å². The first-order chi connectivity index (χ1) is 15.0. The van der Waals surface area contributed by atoms with E-state index in [2.05, 4.69) is 14.7 Å². The zero-order valence-corrected chi connectivity index (χ0v) is 17.1. The molecule has 0 radical (unpaired) electrons. The van der Waals surface area contributed by atoms with Crippen molar-refractivity contribution in [1.29, 1.82) is 0 Å². The van der Waals surface area contributed by atoms with E-state index in [0.29, 0.717) is 29.3 Å². The minimum absolute atomic E-state index is 0.178. The first-order valence-corrected chi connectivity index (χ1v) is 10.3. The highest BCUT2D eigenvalue weighted by atomic mass is 32.2. The van der Waals surface area contributed by atoms with Crippen molar-refractivity contribution in [2.45, 2.75) is 17.6 Å². The SMILES string of the molecule is COc1cc(CNS(=O)(=O)c2ccc(C(F)(F)F)cc2[N+](=O)[O-])nc(-c2ccccn2)c1. The molecule has 0 unspecified atom stereocenters. The van der Waals surface area contributed by atoms with Gasteiger partial charge < -0.3 is 4.74 Å². The van der Waals surface area contributed by atoms with Crippen LogP contribution in [-0.2, 0) is 22.7 Å². The zero-order valence-electron chi connectivity index (χ0n) is 16.3. The van der Waals surface area contributed by atoms with Gasteiger partial charge in [-0.25, -0.2) is 18.1 Å². The summed E-state index contributed by atoms with van der Waals surface area (Å²) < 4.78 is 71.2. The second-order valence-electron chi connectivity index (χ2n) is 6.36. The summed E-state index contributed by atoms with van der Waals surface area (Å²) in [5.74, 6) is 0.357. The van der Waals surface area contributed by atoms with E-state index in [0.717, 1.165) is 0 Å². The van der Waals surface area contributed by atoms with E-state index >= 15 is 0 Å². The molecule has 3 aromatic rings. The van der Waals surface area contributed by atoms with Gasteiger partial charge in [0.25, 0.3) is 5.69 Å². The number of alkyl halides is 3. The molecule has 2 aromatic heterocycles. The number of rotatable bonds is 7. The summed E-state index contributed by atoms with van der Waals surface area (Å²) >= 11 is 0. The standard InChI is InChI=1S/C19H15F3N4O5S/c1-31-14-9-13(25-16(10-14)15-4-2-3-7-23-15)11-24-32(29,30)18-6-5-12(19(20,21)22)8-17(18)26(27)28/h2-10,24H,11H2,1H3. The normalized spacial score (nSPS) is 11.9. The van der Waals surface area contributed by atoms with Gasteiger partial charge in [0.2, 0.25) is 10.0 Å². The zero-order chi connectivity index (χ0) is 23.5. The number of sulfonamides is 1. The van der Waals surface area contributed by atoms with Gasteiger partial charge in [0, 0.05) is 24.4 Å². The first-order valence-electron chi connectivity index (χ1n) is 8.83. The number of hydrogen-bond acceptors (Lipinski definition) is 7. The smallest absolute Gasteiger partial charge is 0.416 e. The van der Waals surface area contributed by atoms with Crippen LogP contribution >= 0.6 is 0 Å². The summed E-state index contributed by atoms with van der Waals surface area (Å²) in [5.41, 5.74) is -1.45. The Morgan fingerprint density at radius 2 is 1.88 bits per heavy atom. The van der Waals surface area contributed by atoms with Crippen LogP contribution in [0.25, 0.3) is 11.4 Å². The van der Waals surface area contributed by atoms with Gasteiger partial charge in [0.15, 0.2) is 4.90 Å². The van der Waals surface area contributed by atoms with Crippen LogP contribution in [0.4, 0.5) is 18.9 Å². The summed E-state index contributed by atoms with van der Waals surface area (Å²) in [7, 11) is -3.15. The van der Waals surface area contributed by atoms with Crippen LogP contribution in [0.5, 0.6) is 5.75 Å². The lowest BCUT2D eigenvalue weighted by molar-refractivity contribution is -0.388. The quantitative estimate of drug-likeness (QED) is 0.415. The Balaban J connectivity index is 1.92. The monoisotopic (exact) mass is 468 g/mol. The van der Waals surface area contributed by atoms with E-state index in [1.165, 1.54) is 13.2 Å². The number of nitro benzene ring substituents is 1. The van der Waals surface area contributed by atoms with Gasteiger partial charge >= 0.3 is 6.18 Å². The van der Waals surface area contributed by atoms with Crippen molar-refractivity contribution in [2.24, 2.45) is 0 Å². The van der Waals surface area contributed by atoms with E-state index in [9.17, 15) is 31.7 Å². The third kappa shape index (κ3) is 5.18. The Morgan fingerprint density at radius 3 is 2.47 bits per heavy atom. The molecule has 3 rings (SSSR count). The van der Waals surface area contributed by atoms with E-state index in [1.54, 1.807) is 30.5 Å². The molecule has 32 heavy (non-hydrogen) atoms. The second kappa shape index (κ2) is 8.88. The van der Waals surface area contributed by atoms with Crippen LogP contribution in [0.3, 0.4) is 0 Å². The third-order valence-corrected chi connectivity index (χ3v) is 5.68. The molecule has 0 amide bonds. The number of nitrogens with one attached hydrogen (secondary N) is 1. The van der Waals surface area contributed by atoms with Crippen molar-refractivity contribution in [1.82, 2.24) is 14.7 Å². The second-order valence-corrected chi connectivity index (χ2v) is 8.10. The molecule has 2 heterocycles. The summed E-state index contributed by atoms with van der Waals surface area (Å²) in [6, 6.07) is 9.33. The number of nitro groups is 1. The molecule has 168 valence electrons. The number of nitrogens with zero attached hydrogens (tertiary/aromatic N) is 3. The van der Waals surface area contributed by atoms with Crippen molar-refractivity contribution in [3.8, 4) is 17.1 Å². The fraction of sp³-hybridized carbons (Fsp3) is 0.158. The highest BCUT2D eigenvalue weighted by Gasteiger charge is 2.35. The summed E-state index contributed by atoms with van der Waals surface area (Å²) in [4.78, 5) is 17.6. The molecular formula is C19H15F3N4O5S. The topological polar surface area (TPSA) is 124 Å². The lowest BCUT2D eigenvalue weighted by atomic mass is 10.2. The van der Waals surface area contributed by atoms with Gasteiger partial charge in [0.1, 0.15) is 5.75 Å². The van der Waals surface area contributed by atoms with Gasteiger partial charge in [-0.05, 0) is 24.3 Å². The predicted molar refractivity (Wildman–Crippen MR) is 106 cm³/mol. The molecule has 0 aliphatic rings. The van der Waals surface area contributed by atoms with E-state index in [1.807, 2.05) is 0 Å². The van der Waals surface area contributed by atoms with Gasteiger partial charge in [-0.15, -0.1) is 0 Å². The van der Waals surface area contributed by atoms with E-state index < -0.39 is 43.8 Å². The molecule has 0 spiro atoms.